The monoisotopic (exact) mass is 498 g/mol. The van der Waals surface area contributed by atoms with Crippen LogP contribution in [-0.4, -0.2) is 60.6 Å². The number of aromatic nitrogens is 1. The fourth-order valence-electron chi connectivity index (χ4n) is 3.93. The molecule has 1 aromatic heterocycles. The Kier molecular flexibility index (Phi) is 6.70. The molecule has 176 valence electrons. The second kappa shape index (κ2) is 9.54. The molecule has 10 heteroatoms. The molecule has 3 aromatic rings. The molecule has 0 atom stereocenters. The lowest BCUT2D eigenvalue weighted by Crippen LogP contribution is -2.50. The highest BCUT2D eigenvalue weighted by atomic mass is 35.5. The predicted octanol–water partition coefficient (Wildman–Crippen LogP) is 3.02. The topological polar surface area (TPSA) is 114 Å². The second-order valence-corrected chi connectivity index (χ2v) is 10.2. The number of amides is 2. The van der Waals surface area contributed by atoms with Gasteiger partial charge in [0.05, 0.1) is 10.6 Å². The van der Waals surface area contributed by atoms with Crippen molar-refractivity contribution >= 4 is 33.4 Å². The van der Waals surface area contributed by atoms with Crippen LogP contribution in [0, 0.1) is 0 Å². The maximum Gasteiger partial charge on any atom is 0.248 e. The SMILES string of the molecule is CC(=O)N1CCN(S(=O)(=O)c2ccc(C(N)=O)cc2-c2ccc(Cl)c(-c3ccccn3)c2)CC1. The smallest absolute Gasteiger partial charge is 0.248 e. The Morgan fingerprint density at radius 3 is 2.32 bits per heavy atom. The molecule has 2 aromatic carbocycles. The van der Waals surface area contributed by atoms with Gasteiger partial charge < -0.3 is 10.6 Å². The maximum atomic E-state index is 13.6. The summed E-state index contributed by atoms with van der Waals surface area (Å²) in [5.41, 5.74) is 7.81. The van der Waals surface area contributed by atoms with Crippen LogP contribution in [0.2, 0.25) is 5.02 Å². The highest BCUT2D eigenvalue weighted by Crippen LogP contribution is 2.36. The van der Waals surface area contributed by atoms with Gasteiger partial charge in [0, 0.05) is 61.0 Å². The number of hydrogen-bond acceptors (Lipinski definition) is 5. The number of carbonyl (C=O) groups is 2. The molecule has 4 rings (SSSR count). The number of rotatable bonds is 5. The lowest BCUT2D eigenvalue weighted by molar-refractivity contribution is -0.129. The van der Waals surface area contributed by atoms with E-state index in [4.69, 9.17) is 17.3 Å². The zero-order chi connectivity index (χ0) is 24.5. The molecule has 1 saturated heterocycles. The summed E-state index contributed by atoms with van der Waals surface area (Å²) >= 11 is 6.42. The Morgan fingerprint density at radius 2 is 1.71 bits per heavy atom. The van der Waals surface area contributed by atoms with E-state index in [9.17, 15) is 18.0 Å². The number of pyridine rings is 1. The van der Waals surface area contributed by atoms with Crippen LogP contribution in [0.25, 0.3) is 22.4 Å². The van der Waals surface area contributed by atoms with Crippen LogP contribution >= 0.6 is 11.6 Å². The molecule has 0 radical (unpaired) electrons. The van der Waals surface area contributed by atoms with E-state index in [1.807, 2.05) is 6.07 Å². The number of piperazine rings is 1. The standard InChI is InChI=1S/C24H23ClN4O4S/c1-16(30)28-10-12-29(13-11-28)34(32,33)23-8-6-18(24(26)31)15-19(23)17-5-7-21(25)20(14-17)22-4-2-3-9-27-22/h2-9,14-15H,10-13H2,1H3,(H2,26,31). The zero-order valence-electron chi connectivity index (χ0n) is 18.4. The van der Waals surface area contributed by atoms with Gasteiger partial charge in [-0.1, -0.05) is 23.7 Å². The molecule has 2 N–H and O–H groups in total. The van der Waals surface area contributed by atoms with Crippen molar-refractivity contribution in [2.75, 3.05) is 26.2 Å². The zero-order valence-corrected chi connectivity index (χ0v) is 20.0. The third kappa shape index (κ3) is 4.68. The van der Waals surface area contributed by atoms with E-state index in [0.29, 0.717) is 40.5 Å². The predicted molar refractivity (Wildman–Crippen MR) is 130 cm³/mol. The Balaban J connectivity index is 1.82. The summed E-state index contributed by atoms with van der Waals surface area (Å²) in [5.74, 6) is -0.758. The molecular weight excluding hydrogens is 476 g/mol. The van der Waals surface area contributed by atoms with Gasteiger partial charge in [0.1, 0.15) is 0 Å². The molecule has 0 saturated carbocycles. The molecule has 2 heterocycles. The fourth-order valence-corrected chi connectivity index (χ4v) is 5.76. The van der Waals surface area contributed by atoms with Crippen LogP contribution in [0.15, 0.2) is 65.7 Å². The minimum atomic E-state index is -3.93. The molecule has 1 aliphatic rings. The molecule has 1 fully saturated rings. The largest absolute Gasteiger partial charge is 0.366 e. The van der Waals surface area contributed by atoms with E-state index in [1.165, 1.54) is 29.4 Å². The first kappa shape index (κ1) is 23.9. The molecular formula is C24H23ClN4O4S. The molecule has 0 unspecified atom stereocenters. The summed E-state index contributed by atoms with van der Waals surface area (Å²) in [6.07, 6.45) is 1.64. The number of primary amides is 1. The van der Waals surface area contributed by atoms with Crippen molar-refractivity contribution in [3.05, 3.63) is 71.4 Å². The first-order chi connectivity index (χ1) is 16.2. The van der Waals surface area contributed by atoms with Crippen molar-refractivity contribution in [3.8, 4) is 22.4 Å². The number of halogens is 1. The van der Waals surface area contributed by atoms with Crippen LogP contribution in [-0.2, 0) is 14.8 Å². The maximum absolute atomic E-state index is 13.6. The van der Waals surface area contributed by atoms with Crippen LogP contribution in [0.1, 0.15) is 17.3 Å². The lowest BCUT2D eigenvalue weighted by Gasteiger charge is -2.33. The highest BCUT2D eigenvalue weighted by molar-refractivity contribution is 7.89. The van der Waals surface area contributed by atoms with Crippen LogP contribution < -0.4 is 5.73 Å². The van der Waals surface area contributed by atoms with Crippen molar-refractivity contribution in [2.24, 2.45) is 5.73 Å². The molecule has 0 spiro atoms. The quantitative estimate of drug-likeness (QED) is 0.580. The van der Waals surface area contributed by atoms with Gasteiger partial charge in [-0.3, -0.25) is 14.6 Å². The van der Waals surface area contributed by atoms with Gasteiger partial charge in [-0.15, -0.1) is 0 Å². The van der Waals surface area contributed by atoms with Gasteiger partial charge in [-0.25, -0.2) is 8.42 Å². The van der Waals surface area contributed by atoms with Gasteiger partial charge in [0.2, 0.25) is 21.8 Å². The number of nitrogens with two attached hydrogens (primary N) is 1. The third-order valence-electron chi connectivity index (χ3n) is 5.78. The van der Waals surface area contributed by atoms with Gasteiger partial charge in [-0.2, -0.15) is 4.31 Å². The highest BCUT2D eigenvalue weighted by Gasteiger charge is 2.31. The van der Waals surface area contributed by atoms with Crippen LogP contribution in [0.4, 0.5) is 0 Å². The van der Waals surface area contributed by atoms with Crippen molar-refractivity contribution in [1.82, 2.24) is 14.2 Å². The minimum absolute atomic E-state index is 0.0445. The van der Waals surface area contributed by atoms with E-state index >= 15 is 0 Å². The first-order valence-electron chi connectivity index (χ1n) is 10.6. The van der Waals surface area contributed by atoms with E-state index in [1.54, 1.807) is 41.4 Å². The summed E-state index contributed by atoms with van der Waals surface area (Å²) in [7, 11) is -3.93. The van der Waals surface area contributed by atoms with Crippen molar-refractivity contribution in [3.63, 3.8) is 0 Å². The van der Waals surface area contributed by atoms with E-state index in [0.717, 1.165) is 0 Å². The average Bonchev–Trinajstić information content (AvgIpc) is 2.84. The average molecular weight is 499 g/mol. The first-order valence-corrected chi connectivity index (χ1v) is 12.4. The Morgan fingerprint density at radius 1 is 0.971 bits per heavy atom. The van der Waals surface area contributed by atoms with Gasteiger partial charge in [0.25, 0.3) is 0 Å². The Hall–Kier alpha value is -3.27. The molecule has 0 aliphatic carbocycles. The lowest BCUT2D eigenvalue weighted by atomic mass is 9.99. The summed E-state index contributed by atoms with van der Waals surface area (Å²) in [4.78, 5) is 29.5. The normalized spacial score (nSPS) is 14.7. The summed E-state index contributed by atoms with van der Waals surface area (Å²) in [6.45, 7) is 2.45. The number of hydrogen-bond donors (Lipinski definition) is 1. The summed E-state index contributed by atoms with van der Waals surface area (Å²) in [5, 5.41) is 0.457. The van der Waals surface area contributed by atoms with Crippen molar-refractivity contribution < 1.29 is 18.0 Å². The van der Waals surface area contributed by atoms with Gasteiger partial charge in [0.15, 0.2) is 0 Å². The van der Waals surface area contributed by atoms with E-state index in [2.05, 4.69) is 4.98 Å². The van der Waals surface area contributed by atoms with Crippen LogP contribution in [0.5, 0.6) is 0 Å². The second-order valence-electron chi connectivity index (χ2n) is 7.89. The van der Waals surface area contributed by atoms with E-state index < -0.39 is 15.9 Å². The van der Waals surface area contributed by atoms with Crippen molar-refractivity contribution in [2.45, 2.75) is 11.8 Å². The Bertz CT molecular complexity index is 1350. The van der Waals surface area contributed by atoms with E-state index in [-0.39, 0.29) is 29.5 Å². The summed E-state index contributed by atoms with van der Waals surface area (Å²) in [6, 6.07) is 14.8. The number of sulfonamides is 1. The Labute approximate surface area is 203 Å². The number of benzene rings is 2. The fraction of sp³-hybridized carbons (Fsp3) is 0.208. The van der Waals surface area contributed by atoms with Crippen molar-refractivity contribution in [1.29, 1.82) is 0 Å². The third-order valence-corrected chi connectivity index (χ3v) is 8.07. The number of nitrogens with zero attached hydrogens (tertiary/aromatic N) is 3. The molecule has 34 heavy (non-hydrogen) atoms. The molecule has 2 amide bonds. The van der Waals surface area contributed by atoms with Gasteiger partial charge >= 0.3 is 0 Å². The molecule has 8 nitrogen and oxygen atoms in total. The summed E-state index contributed by atoms with van der Waals surface area (Å²) < 4.78 is 28.6. The molecule has 1 aliphatic heterocycles. The minimum Gasteiger partial charge on any atom is -0.366 e. The van der Waals surface area contributed by atoms with Crippen LogP contribution in [0.3, 0.4) is 0 Å². The molecule has 0 bridgehead atoms. The van der Waals surface area contributed by atoms with Gasteiger partial charge in [-0.05, 0) is 48.0 Å². The number of carbonyl (C=O) groups excluding carboxylic acids is 2.